The highest BCUT2D eigenvalue weighted by Gasteiger charge is 2.22. The summed E-state index contributed by atoms with van der Waals surface area (Å²) in [5.74, 6) is 2.25. The minimum atomic E-state index is 0.124. The summed E-state index contributed by atoms with van der Waals surface area (Å²) in [4.78, 5) is 11.4. The van der Waals surface area contributed by atoms with Crippen molar-refractivity contribution in [3.8, 4) is 0 Å². The van der Waals surface area contributed by atoms with Gasteiger partial charge in [-0.2, -0.15) is 0 Å². The highest BCUT2D eigenvalue weighted by molar-refractivity contribution is 5.77. The van der Waals surface area contributed by atoms with Gasteiger partial charge >= 0.3 is 0 Å². The molecule has 1 rings (SSSR count). The molecule has 0 aromatic carbocycles. The molecule has 2 unspecified atom stereocenters. The van der Waals surface area contributed by atoms with Gasteiger partial charge in [-0.15, -0.1) is 0 Å². The second kappa shape index (κ2) is 6.89. The summed E-state index contributed by atoms with van der Waals surface area (Å²) in [6, 6.07) is 0. The van der Waals surface area contributed by atoms with Gasteiger partial charge in [0.1, 0.15) is 0 Å². The molecule has 0 aliphatic heterocycles. The molecule has 2 N–H and O–H groups in total. The average molecular weight is 226 g/mol. The number of rotatable bonds is 6. The van der Waals surface area contributed by atoms with E-state index in [-0.39, 0.29) is 5.91 Å². The highest BCUT2D eigenvalue weighted by atomic mass is 16.1. The van der Waals surface area contributed by atoms with Gasteiger partial charge < -0.3 is 10.6 Å². The molecule has 1 fully saturated rings. The molecule has 0 aromatic rings. The third kappa shape index (κ3) is 4.97. The zero-order chi connectivity index (χ0) is 12.0. The molecule has 0 heterocycles. The van der Waals surface area contributed by atoms with Gasteiger partial charge in [0, 0.05) is 6.54 Å². The summed E-state index contributed by atoms with van der Waals surface area (Å²) in [6.07, 6.45) is 4.03. The van der Waals surface area contributed by atoms with Crippen LogP contribution in [-0.4, -0.2) is 25.5 Å². The van der Waals surface area contributed by atoms with Crippen molar-refractivity contribution < 1.29 is 4.79 Å². The first-order valence-corrected chi connectivity index (χ1v) is 6.57. The van der Waals surface area contributed by atoms with Crippen molar-refractivity contribution in [2.45, 2.75) is 40.0 Å². The van der Waals surface area contributed by atoms with Gasteiger partial charge in [-0.25, -0.2) is 0 Å². The summed E-state index contributed by atoms with van der Waals surface area (Å²) in [5.41, 5.74) is 0. The van der Waals surface area contributed by atoms with Gasteiger partial charge in [0.05, 0.1) is 6.54 Å². The molecular formula is C13H26N2O. The summed E-state index contributed by atoms with van der Waals surface area (Å²) in [6.45, 7) is 8.77. The largest absolute Gasteiger partial charge is 0.355 e. The number of hydrogen-bond acceptors (Lipinski definition) is 2. The van der Waals surface area contributed by atoms with E-state index in [1.807, 2.05) is 0 Å². The van der Waals surface area contributed by atoms with Crippen molar-refractivity contribution in [1.82, 2.24) is 10.6 Å². The lowest BCUT2D eigenvalue weighted by Gasteiger charge is -2.16. The molecular weight excluding hydrogens is 200 g/mol. The molecule has 3 nitrogen and oxygen atoms in total. The first kappa shape index (κ1) is 13.5. The Hall–Kier alpha value is -0.570. The Morgan fingerprint density at radius 1 is 1.38 bits per heavy atom. The summed E-state index contributed by atoms with van der Waals surface area (Å²) in [5, 5.41) is 6.19. The van der Waals surface area contributed by atoms with Crippen LogP contribution in [0.25, 0.3) is 0 Å². The van der Waals surface area contributed by atoms with Crippen LogP contribution >= 0.6 is 0 Å². The van der Waals surface area contributed by atoms with E-state index < -0.39 is 0 Å². The van der Waals surface area contributed by atoms with E-state index in [4.69, 9.17) is 0 Å². The van der Waals surface area contributed by atoms with Gasteiger partial charge in [-0.1, -0.05) is 33.6 Å². The number of amides is 1. The molecule has 1 amide bonds. The van der Waals surface area contributed by atoms with Crippen molar-refractivity contribution in [2.24, 2.45) is 17.8 Å². The van der Waals surface area contributed by atoms with E-state index >= 15 is 0 Å². The van der Waals surface area contributed by atoms with Crippen molar-refractivity contribution in [3.63, 3.8) is 0 Å². The Morgan fingerprint density at radius 2 is 2.12 bits per heavy atom. The second-order valence-corrected chi connectivity index (χ2v) is 5.50. The summed E-state index contributed by atoms with van der Waals surface area (Å²) in [7, 11) is 0. The highest BCUT2D eigenvalue weighted by Crippen LogP contribution is 2.30. The number of hydrogen-bond donors (Lipinski definition) is 2. The van der Waals surface area contributed by atoms with Crippen LogP contribution in [0.2, 0.25) is 0 Å². The maximum Gasteiger partial charge on any atom is 0.233 e. The van der Waals surface area contributed by atoms with Crippen molar-refractivity contribution in [3.05, 3.63) is 0 Å². The van der Waals surface area contributed by atoms with Crippen LogP contribution < -0.4 is 10.6 Å². The molecule has 16 heavy (non-hydrogen) atoms. The van der Waals surface area contributed by atoms with Crippen LogP contribution in [0.1, 0.15) is 40.0 Å². The average Bonchev–Trinajstić information content (AvgIpc) is 2.61. The molecule has 0 spiro atoms. The minimum absolute atomic E-state index is 0.124. The molecule has 1 saturated carbocycles. The fourth-order valence-corrected chi connectivity index (χ4v) is 2.28. The molecule has 0 radical (unpaired) electrons. The Labute approximate surface area is 99.4 Å². The van der Waals surface area contributed by atoms with E-state index in [2.05, 4.69) is 31.4 Å². The maximum atomic E-state index is 11.4. The smallest absolute Gasteiger partial charge is 0.233 e. The lowest BCUT2D eigenvalue weighted by atomic mass is 9.98. The van der Waals surface area contributed by atoms with Crippen LogP contribution in [0, 0.1) is 17.8 Å². The first-order chi connectivity index (χ1) is 7.59. The molecule has 3 heteroatoms. The Balaban J connectivity index is 2.04. The third-order valence-electron chi connectivity index (χ3n) is 3.44. The zero-order valence-electron chi connectivity index (χ0n) is 10.9. The second-order valence-electron chi connectivity index (χ2n) is 5.50. The summed E-state index contributed by atoms with van der Waals surface area (Å²) >= 11 is 0. The van der Waals surface area contributed by atoms with E-state index in [9.17, 15) is 4.79 Å². The standard InChI is InChI=1S/C13H26N2O/c1-10(2)7-15-13(16)9-14-8-12-6-4-5-11(12)3/h10-12,14H,4-9H2,1-3H3,(H,15,16). The fourth-order valence-electron chi connectivity index (χ4n) is 2.28. The van der Waals surface area contributed by atoms with Gasteiger partial charge in [0.2, 0.25) is 5.91 Å². The van der Waals surface area contributed by atoms with Crippen LogP contribution in [-0.2, 0) is 4.79 Å². The van der Waals surface area contributed by atoms with Gasteiger partial charge in [0.25, 0.3) is 0 Å². The van der Waals surface area contributed by atoms with E-state index in [0.29, 0.717) is 12.5 Å². The predicted molar refractivity (Wildman–Crippen MR) is 67.2 cm³/mol. The molecule has 0 saturated heterocycles. The Kier molecular flexibility index (Phi) is 5.81. The molecule has 94 valence electrons. The predicted octanol–water partition coefficient (Wildman–Crippen LogP) is 1.78. The van der Waals surface area contributed by atoms with Crippen molar-refractivity contribution in [1.29, 1.82) is 0 Å². The van der Waals surface area contributed by atoms with E-state index in [1.54, 1.807) is 0 Å². The normalized spacial score (nSPS) is 25.0. The lowest BCUT2D eigenvalue weighted by molar-refractivity contribution is -0.120. The van der Waals surface area contributed by atoms with Crippen LogP contribution in [0.4, 0.5) is 0 Å². The van der Waals surface area contributed by atoms with E-state index in [0.717, 1.165) is 24.9 Å². The van der Waals surface area contributed by atoms with Crippen molar-refractivity contribution in [2.75, 3.05) is 19.6 Å². The Morgan fingerprint density at radius 3 is 2.69 bits per heavy atom. The van der Waals surface area contributed by atoms with Gasteiger partial charge in [0.15, 0.2) is 0 Å². The Bertz CT molecular complexity index is 216. The quantitative estimate of drug-likeness (QED) is 0.725. The topological polar surface area (TPSA) is 41.1 Å². The molecule has 0 bridgehead atoms. The number of nitrogens with one attached hydrogen (secondary N) is 2. The SMILES string of the molecule is CC(C)CNC(=O)CNCC1CCCC1C. The monoisotopic (exact) mass is 226 g/mol. The molecule has 2 atom stereocenters. The van der Waals surface area contributed by atoms with Gasteiger partial charge in [-0.3, -0.25) is 4.79 Å². The molecule has 0 aromatic heterocycles. The molecule has 1 aliphatic carbocycles. The number of carbonyl (C=O) groups excluding carboxylic acids is 1. The van der Waals surface area contributed by atoms with E-state index in [1.165, 1.54) is 19.3 Å². The first-order valence-electron chi connectivity index (χ1n) is 6.57. The van der Waals surface area contributed by atoms with Crippen LogP contribution in [0.3, 0.4) is 0 Å². The number of carbonyl (C=O) groups is 1. The molecule has 1 aliphatic rings. The van der Waals surface area contributed by atoms with Crippen LogP contribution in [0.5, 0.6) is 0 Å². The minimum Gasteiger partial charge on any atom is -0.355 e. The zero-order valence-corrected chi connectivity index (χ0v) is 10.9. The third-order valence-corrected chi connectivity index (χ3v) is 3.44. The van der Waals surface area contributed by atoms with Gasteiger partial charge in [-0.05, 0) is 30.7 Å². The fraction of sp³-hybridized carbons (Fsp3) is 0.923. The van der Waals surface area contributed by atoms with Crippen LogP contribution in [0.15, 0.2) is 0 Å². The summed E-state index contributed by atoms with van der Waals surface area (Å²) < 4.78 is 0. The van der Waals surface area contributed by atoms with Crippen molar-refractivity contribution >= 4 is 5.91 Å². The lowest BCUT2D eigenvalue weighted by Crippen LogP contribution is -2.37. The maximum absolute atomic E-state index is 11.4.